The Labute approximate surface area is 85.4 Å². The molecule has 0 heterocycles. The van der Waals surface area contributed by atoms with Gasteiger partial charge in [-0.05, 0) is 12.1 Å². The summed E-state index contributed by atoms with van der Waals surface area (Å²) in [6.07, 6.45) is 0.199. The molecule has 0 aliphatic heterocycles. The minimum absolute atomic E-state index is 0.000697. The van der Waals surface area contributed by atoms with Gasteiger partial charge in [-0.15, -0.1) is 0 Å². The van der Waals surface area contributed by atoms with Gasteiger partial charge in [-0.2, -0.15) is 0 Å². The second-order valence-corrected chi connectivity index (χ2v) is 2.86. The first-order chi connectivity index (χ1) is 7.15. The van der Waals surface area contributed by atoms with Crippen LogP contribution in [0.3, 0.4) is 0 Å². The van der Waals surface area contributed by atoms with Crippen LogP contribution < -0.4 is 11.1 Å². The number of oxime groups is 1. The third-order valence-electron chi connectivity index (χ3n) is 1.77. The number of para-hydroxylation sites is 1. The molecule has 0 atom stereocenters. The summed E-state index contributed by atoms with van der Waals surface area (Å²) in [7, 11) is 0. The van der Waals surface area contributed by atoms with Gasteiger partial charge in [-0.3, -0.25) is 0 Å². The van der Waals surface area contributed by atoms with Crippen LogP contribution in [0.2, 0.25) is 0 Å². The maximum atomic E-state index is 13.0. The zero-order valence-electron chi connectivity index (χ0n) is 7.87. The molecule has 0 spiro atoms. The highest BCUT2D eigenvalue weighted by molar-refractivity contribution is 5.80. The molecule has 0 unspecified atom stereocenters. The second-order valence-electron chi connectivity index (χ2n) is 2.86. The molecule has 0 saturated heterocycles. The summed E-state index contributed by atoms with van der Waals surface area (Å²) in [5, 5.41) is 13.5. The van der Waals surface area contributed by atoms with E-state index < -0.39 is 11.6 Å². The highest BCUT2D eigenvalue weighted by Crippen LogP contribution is 2.17. The lowest BCUT2D eigenvalue weighted by Crippen LogP contribution is -2.17. The van der Waals surface area contributed by atoms with Gasteiger partial charge in [0.15, 0.2) is 0 Å². The lowest BCUT2D eigenvalue weighted by molar-refractivity contribution is 0.317. The molecule has 82 valence electrons. The van der Waals surface area contributed by atoms with Crippen molar-refractivity contribution in [3.63, 3.8) is 0 Å². The SMILES string of the molecule is NC(CCNc1c(F)cccc1F)=NO. The smallest absolute Gasteiger partial charge is 0.149 e. The van der Waals surface area contributed by atoms with Crippen LogP contribution in [-0.2, 0) is 0 Å². The van der Waals surface area contributed by atoms with Crippen LogP contribution in [0.5, 0.6) is 0 Å². The molecule has 0 fully saturated rings. The van der Waals surface area contributed by atoms with Crippen molar-refractivity contribution >= 4 is 11.5 Å². The molecule has 1 aromatic carbocycles. The summed E-state index contributed by atoms with van der Waals surface area (Å²) < 4.78 is 26.1. The highest BCUT2D eigenvalue weighted by Gasteiger charge is 2.06. The molecule has 6 heteroatoms. The van der Waals surface area contributed by atoms with Crippen molar-refractivity contribution in [3.8, 4) is 0 Å². The number of nitrogens with two attached hydrogens (primary N) is 1. The Morgan fingerprint density at radius 1 is 1.40 bits per heavy atom. The number of anilines is 1. The Balaban J connectivity index is 2.58. The molecule has 0 saturated carbocycles. The average molecular weight is 215 g/mol. The standard InChI is InChI=1S/C9H11F2N3O/c10-6-2-1-3-7(11)9(6)13-5-4-8(12)14-15/h1-3,13,15H,4-5H2,(H2,12,14). The quantitative estimate of drug-likeness (QED) is 0.308. The fourth-order valence-corrected chi connectivity index (χ4v) is 1.03. The van der Waals surface area contributed by atoms with Crippen LogP contribution in [-0.4, -0.2) is 17.6 Å². The summed E-state index contributed by atoms with van der Waals surface area (Å²) in [6.45, 7) is 0.188. The number of amidine groups is 1. The maximum Gasteiger partial charge on any atom is 0.149 e. The van der Waals surface area contributed by atoms with Crippen LogP contribution in [0.25, 0.3) is 0 Å². The van der Waals surface area contributed by atoms with E-state index in [2.05, 4.69) is 10.5 Å². The van der Waals surface area contributed by atoms with E-state index in [1.54, 1.807) is 0 Å². The first-order valence-corrected chi connectivity index (χ1v) is 4.29. The number of benzene rings is 1. The molecule has 4 nitrogen and oxygen atoms in total. The van der Waals surface area contributed by atoms with E-state index in [0.29, 0.717) is 0 Å². The summed E-state index contributed by atoms with van der Waals surface area (Å²) in [6, 6.07) is 3.57. The van der Waals surface area contributed by atoms with E-state index in [1.165, 1.54) is 6.07 Å². The third kappa shape index (κ3) is 3.08. The molecular formula is C9H11F2N3O. The fraction of sp³-hybridized carbons (Fsp3) is 0.222. The number of rotatable bonds is 4. The van der Waals surface area contributed by atoms with Crippen LogP contribution in [0.15, 0.2) is 23.4 Å². The molecule has 0 radical (unpaired) electrons. The Morgan fingerprint density at radius 3 is 2.53 bits per heavy atom. The molecule has 0 bridgehead atoms. The lowest BCUT2D eigenvalue weighted by atomic mass is 10.3. The number of nitrogens with zero attached hydrogens (tertiary/aromatic N) is 1. The van der Waals surface area contributed by atoms with Gasteiger partial charge in [0.2, 0.25) is 0 Å². The van der Waals surface area contributed by atoms with Gasteiger partial charge in [-0.25, -0.2) is 8.78 Å². The van der Waals surface area contributed by atoms with Crippen molar-refractivity contribution < 1.29 is 14.0 Å². The Kier molecular flexibility index (Phi) is 3.84. The molecular weight excluding hydrogens is 204 g/mol. The fourth-order valence-electron chi connectivity index (χ4n) is 1.03. The predicted molar refractivity (Wildman–Crippen MR) is 52.9 cm³/mol. The first kappa shape index (κ1) is 11.2. The molecule has 0 aromatic heterocycles. The maximum absolute atomic E-state index is 13.0. The van der Waals surface area contributed by atoms with Crippen LogP contribution >= 0.6 is 0 Å². The molecule has 0 amide bonds. The lowest BCUT2D eigenvalue weighted by Gasteiger charge is -2.07. The van der Waals surface area contributed by atoms with Crippen LogP contribution in [0.1, 0.15) is 6.42 Å². The Bertz CT molecular complexity index is 348. The van der Waals surface area contributed by atoms with Gasteiger partial charge in [-0.1, -0.05) is 11.2 Å². The average Bonchev–Trinajstić information content (AvgIpc) is 2.22. The van der Waals surface area contributed by atoms with Gasteiger partial charge in [0, 0.05) is 13.0 Å². The normalized spacial score (nSPS) is 11.5. The van der Waals surface area contributed by atoms with Gasteiger partial charge in [0.1, 0.15) is 23.2 Å². The molecule has 0 aliphatic rings. The van der Waals surface area contributed by atoms with E-state index >= 15 is 0 Å². The van der Waals surface area contributed by atoms with Gasteiger partial charge < -0.3 is 16.3 Å². The molecule has 1 rings (SSSR count). The van der Waals surface area contributed by atoms with Crippen molar-refractivity contribution in [1.29, 1.82) is 0 Å². The Morgan fingerprint density at radius 2 is 2.00 bits per heavy atom. The number of nitrogens with one attached hydrogen (secondary N) is 1. The van der Waals surface area contributed by atoms with E-state index in [9.17, 15) is 8.78 Å². The minimum Gasteiger partial charge on any atom is -0.409 e. The number of hydrogen-bond donors (Lipinski definition) is 3. The van der Waals surface area contributed by atoms with Gasteiger partial charge in [0.05, 0.1) is 0 Å². The van der Waals surface area contributed by atoms with Gasteiger partial charge in [0.25, 0.3) is 0 Å². The van der Waals surface area contributed by atoms with Crippen molar-refractivity contribution in [1.82, 2.24) is 0 Å². The molecule has 15 heavy (non-hydrogen) atoms. The summed E-state index contributed by atoms with van der Waals surface area (Å²) in [5.41, 5.74) is 4.98. The van der Waals surface area contributed by atoms with Crippen molar-refractivity contribution in [2.75, 3.05) is 11.9 Å². The van der Waals surface area contributed by atoms with Crippen molar-refractivity contribution in [2.45, 2.75) is 6.42 Å². The highest BCUT2D eigenvalue weighted by atomic mass is 19.1. The van der Waals surface area contributed by atoms with Crippen molar-refractivity contribution in [3.05, 3.63) is 29.8 Å². The summed E-state index contributed by atoms with van der Waals surface area (Å²) >= 11 is 0. The predicted octanol–water partition coefficient (Wildman–Crippen LogP) is 1.51. The second kappa shape index (κ2) is 5.14. The van der Waals surface area contributed by atoms with E-state index in [0.717, 1.165) is 12.1 Å². The first-order valence-electron chi connectivity index (χ1n) is 4.29. The summed E-state index contributed by atoms with van der Waals surface area (Å²) in [5.74, 6) is -1.34. The zero-order valence-corrected chi connectivity index (χ0v) is 7.87. The summed E-state index contributed by atoms with van der Waals surface area (Å²) in [4.78, 5) is 0. The third-order valence-corrected chi connectivity index (χ3v) is 1.77. The van der Waals surface area contributed by atoms with Crippen LogP contribution in [0, 0.1) is 11.6 Å². The van der Waals surface area contributed by atoms with Gasteiger partial charge >= 0.3 is 0 Å². The zero-order chi connectivity index (χ0) is 11.3. The van der Waals surface area contributed by atoms with Crippen molar-refractivity contribution in [2.24, 2.45) is 10.9 Å². The topological polar surface area (TPSA) is 70.6 Å². The largest absolute Gasteiger partial charge is 0.409 e. The van der Waals surface area contributed by atoms with Crippen LogP contribution in [0.4, 0.5) is 14.5 Å². The van der Waals surface area contributed by atoms with E-state index in [4.69, 9.17) is 10.9 Å². The minimum atomic E-state index is -0.672. The number of halogens is 2. The molecule has 1 aromatic rings. The Hall–Kier alpha value is -1.85. The molecule has 0 aliphatic carbocycles. The van der Waals surface area contributed by atoms with E-state index in [1.807, 2.05) is 0 Å². The monoisotopic (exact) mass is 215 g/mol. The number of hydrogen-bond acceptors (Lipinski definition) is 3. The van der Waals surface area contributed by atoms with E-state index in [-0.39, 0.29) is 24.5 Å². The molecule has 4 N–H and O–H groups in total.